The van der Waals surface area contributed by atoms with Crippen LogP contribution in [-0.4, -0.2) is 10.0 Å². The number of hydrogen-bond donors (Lipinski definition) is 1. The molecule has 0 fully saturated rings. The second-order valence-corrected chi connectivity index (χ2v) is 3.17. The highest BCUT2D eigenvalue weighted by molar-refractivity contribution is 9.10. The van der Waals surface area contributed by atoms with E-state index in [1.54, 1.807) is 12.1 Å². The monoisotopic (exact) mass is 243 g/mol. The van der Waals surface area contributed by atoms with Crippen LogP contribution in [0, 0.1) is 10.1 Å². The number of nitro groups is 1. The minimum atomic E-state index is -0.541. The topological polar surface area (TPSA) is 63.4 Å². The highest BCUT2D eigenvalue weighted by Gasteiger charge is 1.97. The molecule has 1 aromatic carbocycles. The zero-order chi connectivity index (χ0) is 9.84. The molecule has 1 rings (SSSR count). The van der Waals surface area contributed by atoms with Crippen molar-refractivity contribution in [2.75, 3.05) is 0 Å². The van der Waals surface area contributed by atoms with Crippen molar-refractivity contribution >= 4 is 22.0 Å². The van der Waals surface area contributed by atoms with E-state index in [0.717, 1.165) is 6.20 Å². The average Bonchev–Trinajstić information content (AvgIpc) is 2.07. The number of rotatable bonds is 2. The van der Waals surface area contributed by atoms with Crippen LogP contribution in [0.15, 0.2) is 28.9 Å². The summed E-state index contributed by atoms with van der Waals surface area (Å²) in [7, 11) is 0. The maximum atomic E-state index is 9.98. The maximum absolute atomic E-state index is 9.98. The van der Waals surface area contributed by atoms with Crippen molar-refractivity contribution in [3.8, 4) is 5.75 Å². The van der Waals surface area contributed by atoms with Crippen LogP contribution in [-0.2, 0) is 0 Å². The molecule has 0 radical (unpaired) electrons. The number of hydrogen-bond acceptors (Lipinski definition) is 3. The van der Waals surface area contributed by atoms with E-state index in [1.165, 1.54) is 12.1 Å². The normalized spacial score (nSPS) is 10.5. The summed E-state index contributed by atoms with van der Waals surface area (Å²) in [5.74, 6) is 0.109. The maximum Gasteiger partial charge on any atom is 0.235 e. The van der Waals surface area contributed by atoms with Crippen LogP contribution < -0.4 is 0 Å². The van der Waals surface area contributed by atoms with Crippen LogP contribution in [0.25, 0.3) is 6.08 Å². The summed E-state index contributed by atoms with van der Waals surface area (Å²) in [6.45, 7) is 0. The van der Waals surface area contributed by atoms with Gasteiger partial charge in [0.1, 0.15) is 5.75 Å². The Labute approximate surface area is 82.8 Å². The summed E-state index contributed by atoms with van der Waals surface area (Å²) in [6, 6.07) is 4.64. The van der Waals surface area contributed by atoms with E-state index in [4.69, 9.17) is 5.11 Å². The third-order valence-electron chi connectivity index (χ3n) is 1.36. The van der Waals surface area contributed by atoms with Gasteiger partial charge in [0.2, 0.25) is 6.20 Å². The molecule has 0 saturated carbocycles. The Hall–Kier alpha value is -1.36. The molecule has 0 heterocycles. The molecule has 1 aromatic rings. The predicted molar refractivity (Wildman–Crippen MR) is 51.8 cm³/mol. The smallest absolute Gasteiger partial charge is 0.235 e. The average molecular weight is 244 g/mol. The minimum absolute atomic E-state index is 0.109. The zero-order valence-corrected chi connectivity index (χ0v) is 8.06. The van der Waals surface area contributed by atoms with Gasteiger partial charge in [-0.15, -0.1) is 0 Å². The summed E-state index contributed by atoms with van der Waals surface area (Å²) in [4.78, 5) is 9.44. The van der Waals surface area contributed by atoms with Crippen molar-refractivity contribution in [3.05, 3.63) is 44.5 Å². The molecule has 0 aliphatic heterocycles. The molecule has 0 aliphatic carbocycles. The number of benzene rings is 1. The molecular formula is C8H6BrNO3. The van der Waals surface area contributed by atoms with E-state index in [2.05, 4.69) is 15.9 Å². The molecule has 0 atom stereocenters. The largest absolute Gasteiger partial charge is 0.507 e. The van der Waals surface area contributed by atoms with Gasteiger partial charge in [0.15, 0.2) is 0 Å². The number of halogens is 1. The van der Waals surface area contributed by atoms with E-state index < -0.39 is 4.92 Å². The lowest BCUT2D eigenvalue weighted by Gasteiger charge is -1.96. The van der Waals surface area contributed by atoms with Gasteiger partial charge < -0.3 is 5.11 Å². The standard InChI is InChI=1S/C8H6BrNO3/c9-7-5-6(1-2-8(7)11)3-4-10(12)13/h1-5,11H/b4-3+. The number of phenols is 1. The van der Waals surface area contributed by atoms with Gasteiger partial charge in [-0.05, 0) is 33.6 Å². The second kappa shape index (κ2) is 4.04. The van der Waals surface area contributed by atoms with Crippen molar-refractivity contribution in [1.29, 1.82) is 0 Å². The lowest BCUT2D eigenvalue weighted by Crippen LogP contribution is -1.82. The predicted octanol–water partition coefficient (Wildman–Crippen LogP) is 2.40. The minimum Gasteiger partial charge on any atom is -0.507 e. The fraction of sp³-hybridized carbons (Fsp3) is 0. The first kappa shape index (κ1) is 9.73. The molecule has 0 amide bonds. The van der Waals surface area contributed by atoms with Crippen molar-refractivity contribution in [2.45, 2.75) is 0 Å². The van der Waals surface area contributed by atoms with E-state index in [0.29, 0.717) is 10.0 Å². The molecule has 0 bridgehead atoms. The van der Waals surface area contributed by atoms with Crippen LogP contribution in [0.2, 0.25) is 0 Å². The van der Waals surface area contributed by atoms with E-state index in [-0.39, 0.29) is 5.75 Å². The van der Waals surface area contributed by atoms with Crippen molar-refractivity contribution in [2.24, 2.45) is 0 Å². The highest BCUT2D eigenvalue weighted by atomic mass is 79.9. The van der Waals surface area contributed by atoms with E-state index >= 15 is 0 Å². The van der Waals surface area contributed by atoms with Crippen LogP contribution in [0.5, 0.6) is 5.75 Å². The first-order valence-corrected chi connectivity index (χ1v) is 4.19. The molecule has 1 N–H and O–H groups in total. The van der Waals surface area contributed by atoms with E-state index in [1.807, 2.05) is 0 Å². The molecule has 68 valence electrons. The van der Waals surface area contributed by atoms with Crippen LogP contribution in [0.1, 0.15) is 5.56 Å². The van der Waals surface area contributed by atoms with Crippen molar-refractivity contribution in [1.82, 2.24) is 0 Å². The molecule has 0 unspecified atom stereocenters. The molecule has 0 spiro atoms. The SMILES string of the molecule is O=[N+]([O-])/C=C/c1ccc(O)c(Br)c1. The molecular weight excluding hydrogens is 238 g/mol. The van der Waals surface area contributed by atoms with Crippen molar-refractivity contribution in [3.63, 3.8) is 0 Å². The molecule has 5 heteroatoms. The van der Waals surface area contributed by atoms with Gasteiger partial charge in [-0.3, -0.25) is 10.1 Å². The Balaban J connectivity index is 2.92. The van der Waals surface area contributed by atoms with Gasteiger partial charge in [-0.2, -0.15) is 0 Å². The van der Waals surface area contributed by atoms with Gasteiger partial charge in [-0.1, -0.05) is 6.07 Å². The van der Waals surface area contributed by atoms with Crippen LogP contribution in [0.4, 0.5) is 0 Å². The fourth-order valence-corrected chi connectivity index (χ4v) is 1.17. The third kappa shape index (κ3) is 2.87. The summed E-state index contributed by atoms with van der Waals surface area (Å²) in [5, 5.41) is 19.1. The summed E-state index contributed by atoms with van der Waals surface area (Å²) in [5.41, 5.74) is 0.654. The Bertz CT molecular complexity index is 362. The first-order chi connectivity index (χ1) is 6.09. The number of nitrogens with zero attached hydrogens (tertiary/aromatic N) is 1. The summed E-state index contributed by atoms with van der Waals surface area (Å²) in [6.07, 6.45) is 2.20. The Morgan fingerprint density at radius 3 is 2.77 bits per heavy atom. The zero-order valence-electron chi connectivity index (χ0n) is 6.48. The van der Waals surface area contributed by atoms with Gasteiger partial charge in [0.25, 0.3) is 0 Å². The van der Waals surface area contributed by atoms with Gasteiger partial charge in [-0.25, -0.2) is 0 Å². The van der Waals surface area contributed by atoms with Crippen LogP contribution >= 0.6 is 15.9 Å². The molecule has 0 aromatic heterocycles. The van der Waals surface area contributed by atoms with Gasteiger partial charge in [0, 0.05) is 6.08 Å². The molecule has 0 aliphatic rings. The third-order valence-corrected chi connectivity index (χ3v) is 2.00. The molecule has 13 heavy (non-hydrogen) atoms. The lowest BCUT2D eigenvalue weighted by molar-refractivity contribution is -0.400. The second-order valence-electron chi connectivity index (χ2n) is 2.31. The van der Waals surface area contributed by atoms with Gasteiger partial charge in [0.05, 0.1) is 9.40 Å². The highest BCUT2D eigenvalue weighted by Crippen LogP contribution is 2.24. The number of aromatic hydroxyl groups is 1. The number of phenolic OH excluding ortho intramolecular Hbond substituents is 1. The van der Waals surface area contributed by atoms with Gasteiger partial charge >= 0.3 is 0 Å². The van der Waals surface area contributed by atoms with E-state index in [9.17, 15) is 10.1 Å². The Morgan fingerprint density at radius 2 is 2.23 bits per heavy atom. The summed E-state index contributed by atoms with van der Waals surface area (Å²) < 4.78 is 0.512. The Morgan fingerprint density at radius 1 is 1.54 bits per heavy atom. The quantitative estimate of drug-likeness (QED) is 0.641. The van der Waals surface area contributed by atoms with Crippen molar-refractivity contribution < 1.29 is 10.0 Å². The first-order valence-electron chi connectivity index (χ1n) is 3.40. The van der Waals surface area contributed by atoms with Crippen LogP contribution in [0.3, 0.4) is 0 Å². The fourth-order valence-electron chi connectivity index (χ4n) is 0.774. The Kier molecular flexibility index (Phi) is 3.02. The summed E-state index contributed by atoms with van der Waals surface area (Å²) >= 11 is 3.10. The molecule has 4 nitrogen and oxygen atoms in total. The molecule has 0 saturated heterocycles. The lowest BCUT2D eigenvalue weighted by atomic mass is 10.2.